The van der Waals surface area contributed by atoms with E-state index in [0.717, 1.165) is 17.9 Å². The second-order valence-electron chi connectivity index (χ2n) is 5.11. The van der Waals surface area contributed by atoms with Crippen molar-refractivity contribution in [2.75, 3.05) is 0 Å². The number of hydrogen-bond donors (Lipinski definition) is 0. The molecule has 0 saturated heterocycles. The van der Waals surface area contributed by atoms with Crippen LogP contribution < -0.4 is 11.3 Å². The van der Waals surface area contributed by atoms with Crippen LogP contribution in [0.25, 0.3) is 21.9 Å². The number of benzene rings is 2. The number of rotatable bonds is 2. The van der Waals surface area contributed by atoms with Crippen LogP contribution in [-0.2, 0) is 0 Å². The van der Waals surface area contributed by atoms with Crippen LogP contribution in [0.3, 0.4) is 0 Å². The van der Waals surface area contributed by atoms with E-state index in [4.69, 9.17) is 8.83 Å². The molecule has 2 heterocycles. The van der Waals surface area contributed by atoms with E-state index in [1.165, 1.54) is 12.1 Å². The van der Waals surface area contributed by atoms with Gasteiger partial charge in [0.1, 0.15) is 0 Å². The Balaban J connectivity index is 1.81. The summed E-state index contributed by atoms with van der Waals surface area (Å²) in [6.07, 6.45) is 0. The summed E-state index contributed by atoms with van der Waals surface area (Å²) in [5.41, 5.74) is 0.437. The van der Waals surface area contributed by atoms with E-state index in [2.05, 4.69) is 12.7 Å². The molecule has 4 nitrogen and oxygen atoms in total. The topological polar surface area (TPSA) is 60.4 Å². The van der Waals surface area contributed by atoms with Gasteiger partial charge in [-0.1, -0.05) is 0 Å². The van der Waals surface area contributed by atoms with E-state index in [-0.39, 0.29) is 11.3 Å². The van der Waals surface area contributed by atoms with E-state index in [1.54, 1.807) is 12.1 Å². The first-order valence-corrected chi connectivity index (χ1v) is 14.0. The molecule has 0 spiro atoms. The van der Waals surface area contributed by atoms with Gasteiger partial charge in [0.2, 0.25) is 0 Å². The monoisotopic (exact) mass is 496 g/mol. The fraction of sp³-hybridized carbons (Fsp3) is 0. The van der Waals surface area contributed by atoms with Crippen molar-refractivity contribution in [3.8, 4) is 0 Å². The van der Waals surface area contributed by atoms with Gasteiger partial charge in [-0.3, -0.25) is 0 Å². The first kappa shape index (κ1) is 15.6. The Morgan fingerprint density at radius 1 is 0.667 bits per heavy atom. The van der Waals surface area contributed by atoms with Crippen LogP contribution in [0.15, 0.2) is 79.1 Å². The number of hydrogen-bond acceptors (Lipinski definition) is 4. The van der Waals surface area contributed by atoms with E-state index >= 15 is 0 Å². The van der Waals surface area contributed by atoms with Crippen molar-refractivity contribution in [3.63, 3.8) is 0 Å². The standard InChI is InChI=1S/C18H10BrIO4/c19-20(13-5-1-11-3-7-17(21)23-15(11)9-13)14-6-2-12-4-8-18(22)24-16(12)10-14/h1-10H. The fourth-order valence-corrected chi connectivity index (χ4v) is 7.73. The molecule has 0 unspecified atom stereocenters. The van der Waals surface area contributed by atoms with Gasteiger partial charge in [0, 0.05) is 0 Å². The Kier molecular flexibility index (Phi) is 4.01. The van der Waals surface area contributed by atoms with Gasteiger partial charge < -0.3 is 0 Å². The molecule has 0 fully saturated rings. The van der Waals surface area contributed by atoms with Crippen molar-refractivity contribution in [2.24, 2.45) is 0 Å². The molecule has 0 atom stereocenters. The minimum atomic E-state index is -1.88. The molecule has 0 aliphatic heterocycles. The van der Waals surface area contributed by atoms with Crippen LogP contribution in [0.4, 0.5) is 0 Å². The minimum absolute atomic E-state index is 0.359. The zero-order chi connectivity index (χ0) is 16.7. The first-order chi connectivity index (χ1) is 11.6. The van der Waals surface area contributed by atoms with Crippen LogP contribution in [0, 0.1) is 7.14 Å². The Morgan fingerprint density at radius 2 is 1.08 bits per heavy atom. The van der Waals surface area contributed by atoms with E-state index in [1.807, 2.05) is 36.4 Å². The first-order valence-electron chi connectivity index (χ1n) is 7.04. The molecule has 0 saturated carbocycles. The summed E-state index contributed by atoms with van der Waals surface area (Å²) in [5, 5.41) is 1.78. The Labute approximate surface area is 149 Å². The average molecular weight is 497 g/mol. The van der Waals surface area contributed by atoms with Crippen molar-refractivity contribution in [1.82, 2.24) is 0 Å². The third-order valence-corrected chi connectivity index (χ3v) is 11.7. The quantitative estimate of drug-likeness (QED) is 0.296. The third kappa shape index (κ3) is 2.91. The molecule has 0 amide bonds. The molecule has 0 radical (unpaired) electrons. The molecule has 6 heteroatoms. The van der Waals surface area contributed by atoms with Gasteiger partial charge in [0.25, 0.3) is 0 Å². The van der Waals surface area contributed by atoms with Gasteiger partial charge >= 0.3 is 150 Å². The predicted molar refractivity (Wildman–Crippen MR) is 105 cm³/mol. The van der Waals surface area contributed by atoms with Crippen molar-refractivity contribution in [2.45, 2.75) is 0 Å². The normalized spacial score (nSPS) is 11.8. The molecule has 0 aliphatic rings. The van der Waals surface area contributed by atoms with Crippen LogP contribution in [0.1, 0.15) is 0 Å². The van der Waals surface area contributed by atoms with Crippen molar-refractivity contribution in [1.29, 1.82) is 0 Å². The maximum absolute atomic E-state index is 11.4. The molecule has 0 N–H and O–H groups in total. The molecule has 4 rings (SSSR count). The summed E-state index contributed by atoms with van der Waals surface area (Å²) in [6, 6.07) is 18.1. The Hall–Kier alpha value is -1.93. The van der Waals surface area contributed by atoms with Gasteiger partial charge in [-0.25, -0.2) is 0 Å². The average Bonchev–Trinajstić information content (AvgIpc) is 2.59. The molecular weight excluding hydrogens is 487 g/mol. The van der Waals surface area contributed by atoms with Crippen molar-refractivity contribution < 1.29 is 8.83 Å². The van der Waals surface area contributed by atoms with Crippen LogP contribution >= 0.6 is 30.3 Å². The summed E-state index contributed by atoms with van der Waals surface area (Å²) >= 11 is 1.94. The summed E-state index contributed by atoms with van der Waals surface area (Å²) in [4.78, 5) is 22.8. The van der Waals surface area contributed by atoms with E-state index < -0.39 is 17.6 Å². The van der Waals surface area contributed by atoms with Gasteiger partial charge in [-0.05, 0) is 0 Å². The van der Waals surface area contributed by atoms with Crippen LogP contribution in [-0.4, -0.2) is 0 Å². The second kappa shape index (κ2) is 6.18. The van der Waals surface area contributed by atoms with Crippen LogP contribution in [0.2, 0.25) is 0 Å². The van der Waals surface area contributed by atoms with E-state index in [0.29, 0.717) is 11.2 Å². The molecule has 120 valence electrons. The summed E-state index contributed by atoms with van der Waals surface area (Å²) in [7, 11) is 0. The number of fused-ring (bicyclic) bond motifs is 2. The molecule has 4 aromatic rings. The maximum atomic E-state index is 11.4. The summed E-state index contributed by atoms with van der Waals surface area (Å²) in [5.74, 6) is 0. The SMILES string of the molecule is O=c1ccc2ccc(I(Br)c3ccc4ccc(=O)oc4c3)cc2o1. The third-order valence-electron chi connectivity index (χ3n) is 3.55. The Morgan fingerprint density at radius 3 is 1.54 bits per heavy atom. The van der Waals surface area contributed by atoms with Crippen LogP contribution in [0.5, 0.6) is 0 Å². The van der Waals surface area contributed by atoms with E-state index in [9.17, 15) is 9.59 Å². The zero-order valence-corrected chi connectivity index (χ0v) is 15.9. The molecule has 24 heavy (non-hydrogen) atoms. The zero-order valence-electron chi connectivity index (χ0n) is 12.2. The van der Waals surface area contributed by atoms with Gasteiger partial charge in [0.05, 0.1) is 0 Å². The molecular formula is C18H10BrIO4. The summed E-state index contributed by atoms with van der Waals surface area (Å²) < 4.78 is 12.7. The predicted octanol–water partition coefficient (Wildman–Crippen LogP) is 4.76. The van der Waals surface area contributed by atoms with Gasteiger partial charge in [-0.2, -0.15) is 0 Å². The molecule has 0 bridgehead atoms. The molecule has 2 aromatic heterocycles. The number of halogens is 2. The van der Waals surface area contributed by atoms with Crippen molar-refractivity contribution >= 4 is 52.2 Å². The molecule has 0 aliphatic carbocycles. The Bertz CT molecular complexity index is 1090. The van der Waals surface area contributed by atoms with Crippen molar-refractivity contribution in [3.05, 3.63) is 88.6 Å². The summed E-state index contributed by atoms with van der Waals surface area (Å²) in [6.45, 7) is 0. The molecule has 2 aromatic carbocycles. The van der Waals surface area contributed by atoms with Gasteiger partial charge in [-0.15, -0.1) is 0 Å². The fourth-order valence-electron chi connectivity index (χ4n) is 2.40. The second-order valence-corrected chi connectivity index (χ2v) is 13.0. The van der Waals surface area contributed by atoms with Gasteiger partial charge in [0.15, 0.2) is 0 Å².